The summed E-state index contributed by atoms with van der Waals surface area (Å²) in [5, 5.41) is 7.76. The van der Waals surface area contributed by atoms with Crippen molar-refractivity contribution in [2.24, 2.45) is 0 Å². The van der Waals surface area contributed by atoms with E-state index in [1.54, 1.807) is 49.1 Å². The van der Waals surface area contributed by atoms with Crippen molar-refractivity contribution in [3.05, 3.63) is 63.8 Å². The number of fused-ring (bicyclic) bond motifs is 1. The van der Waals surface area contributed by atoms with E-state index in [2.05, 4.69) is 10.3 Å². The molecule has 5 rings (SSSR count). The zero-order valence-corrected chi connectivity index (χ0v) is 22.7. The number of imidazole rings is 1. The number of aryl methyl sites for hydroxylation is 1. The lowest BCUT2D eigenvalue weighted by molar-refractivity contribution is -0.115. The van der Waals surface area contributed by atoms with Crippen LogP contribution in [0.3, 0.4) is 0 Å². The molecule has 0 unspecified atom stereocenters. The van der Waals surface area contributed by atoms with Crippen LogP contribution in [0.25, 0.3) is 16.9 Å². The molecular weight excluding hydrogens is 498 g/mol. The minimum atomic E-state index is -0.264. The number of amides is 1. The number of nitrogens with one attached hydrogen (secondary N) is 2. The summed E-state index contributed by atoms with van der Waals surface area (Å²) in [6.07, 6.45) is 4.51. The first-order chi connectivity index (χ1) is 18.9. The number of rotatable bonds is 9. The Labute approximate surface area is 226 Å². The number of aromatic amines is 1. The molecule has 39 heavy (non-hydrogen) atoms. The maximum absolute atomic E-state index is 13.2. The Morgan fingerprint density at radius 3 is 2.54 bits per heavy atom. The van der Waals surface area contributed by atoms with Crippen molar-refractivity contribution in [1.82, 2.24) is 19.6 Å². The summed E-state index contributed by atoms with van der Waals surface area (Å²) in [7, 11) is 3.12. The van der Waals surface area contributed by atoms with Gasteiger partial charge in [0, 0.05) is 11.6 Å². The summed E-state index contributed by atoms with van der Waals surface area (Å²) in [5.41, 5.74) is 2.77. The van der Waals surface area contributed by atoms with Crippen LogP contribution in [0.2, 0.25) is 0 Å². The van der Waals surface area contributed by atoms with Gasteiger partial charge in [0.15, 0.2) is 22.8 Å². The largest absolute Gasteiger partial charge is 0.493 e. The summed E-state index contributed by atoms with van der Waals surface area (Å²) in [6.45, 7) is 4.16. The SMILES string of the molecule is CCOc1ccc(NC(=O)Cc2ccc(OC)c(OC)c2)cc1-c1nn2c(C3CCCC3)nc(C)c2c(=O)[nH]1. The van der Waals surface area contributed by atoms with Gasteiger partial charge >= 0.3 is 0 Å². The van der Waals surface area contributed by atoms with Gasteiger partial charge in [0.2, 0.25) is 5.91 Å². The minimum Gasteiger partial charge on any atom is -0.493 e. The highest BCUT2D eigenvalue weighted by Crippen LogP contribution is 2.35. The number of nitrogens with zero attached hydrogens (tertiary/aromatic N) is 3. The average Bonchev–Trinajstić information content (AvgIpc) is 3.57. The van der Waals surface area contributed by atoms with Crippen LogP contribution < -0.4 is 25.1 Å². The van der Waals surface area contributed by atoms with E-state index < -0.39 is 0 Å². The topological polar surface area (TPSA) is 120 Å². The van der Waals surface area contributed by atoms with Crippen molar-refractivity contribution in [1.29, 1.82) is 0 Å². The molecule has 4 aromatic rings. The number of hydrogen-bond acceptors (Lipinski definition) is 7. The van der Waals surface area contributed by atoms with E-state index in [-0.39, 0.29) is 23.8 Å². The quantitative estimate of drug-likeness (QED) is 0.323. The van der Waals surface area contributed by atoms with Gasteiger partial charge in [-0.25, -0.2) is 9.50 Å². The number of carbonyl (C=O) groups excluding carboxylic acids is 1. The van der Waals surface area contributed by atoms with Gasteiger partial charge in [0.25, 0.3) is 5.56 Å². The maximum Gasteiger partial charge on any atom is 0.277 e. The normalized spacial score (nSPS) is 13.5. The van der Waals surface area contributed by atoms with Crippen molar-refractivity contribution in [2.45, 2.75) is 51.9 Å². The molecular formula is C29H33N5O5. The zero-order valence-electron chi connectivity index (χ0n) is 22.7. The highest BCUT2D eigenvalue weighted by Gasteiger charge is 2.25. The minimum absolute atomic E-state index is 0.142. The second kappa shape index (κ2) is 11.2. The van der Waals surface area contributed by atoms with Gasteiger partial charge < -0.3 is 24.5 Å². The second-order valence-corrected chi connectivity index (χ2v) is 9.66. The van der Waals surface area contributed by atoms with Crippen molar-refractivity contribution < 1.29 is 19.0 Å². The summed E-state index contributed by atoms with van der Waals surface area (Å²) in [6, 6.07) is 10.7. The Morgan fingerprint density at radius 1 is 1.08 bits per heavy atom. The van der Waals surface area contributed by atoms with Gasteiger partial charge in [-0.1, -0.05) is 18.9 Å². The Bertz CT molecular complexity index is 1570. The van der Waals surface area contributed by atoms with Crippen LogP contribution in [0, 0.1) is 6.92 Å². The molecule has 0 bridgehead atoms. The number of ether oxygens (including phenoxy) is 3. The molecule has 2 N–H and O–H groups in total. The third kappa shape index (κ3) is 5.32. The summed E-state index contributed by atoms with van der Waals surface area (Å²) in [5.74, 6) is 2.96. The Kier molecular flexibility index (Phi) is 7.53. The molecule has 204 valence electrons. The average molecular weight is 532 g/mol. The third-order valence-corrected chi connectivity index (χ3v) is 7.05. The van der Waals surface area contributed by atoms with E-state index >= 15 is 0 Å². The van der Waals surface area contributed by atoms with E-state index in [0.717, 1.165) is 37.1 Å². The van der Waals surface area contributed by atoms with Gasteiger partial charge in [0.1, 0.15) is 11.6 Å². The fourth-order valence-corrected chi connectivity index (χ4v) is 5.22. The molecule has 0 atom stereocenters. The lowest BCUT2D eigenvalue weighted by atomic mass is 10.1. The van der Waals surface area contributed by atoms with Crippen molar-refractivity contribution in [2.75, 3.05) is 26.1 Å². The molecule has 2 aromatic heterocycles. The number of hydrogen-bond donors (Lipinski definition) is 2. The number of H-pyrrole nitrogens is 1. The molecule has 1 aliphatic rings. The number of anilines is 1. The fourth-order valence-electron chi connectivity index (χ4n) is 5.22. The van der Waals surface area contributed by atoms with Crippen LogP contribution in [-0.2, 0) is 11.2 Å². The first kappa shape index (κ1) is 26.3. The first-order valence-electron chi connectivity index (χ1n) is 13.2. The number of aromatic nitrogens is 4. The van der Waals surface area contributed by atoms with Crippen LogP contribution in [0.5, 0.6) is 17.2 Å². The molecule has 0 radical (unpaired) electrons. The molecule has 1 aliphatic carbocycles. The van der Waals surface area contributed by atoms with Crippen LogP contribution in [0.4, 0.5) is 5.69 Å². The van der Waals surface area contributed by atoms with Crippen molar-refractivity contribution in [3.8, 4) is 28.6 Å². The van der Waals surface area contributed by atoms with Crippen LogP contribution in [0.15, 0.2) is 41.2 Å². The lowest BCUT2D eigenvalue weighted by Gasteiger charge is -2.14. The standard InChI is InChI=1S/C29H33N5O5/c1-5-39-22-13-11-20(31-25(35)15-18-10-12-23(37-3)24(14-18)38-4)16-21(22)27-32-29(36)26-17(2)30-28(34(26)33-27)19-8-6-7-9-19/h10-14,16,19H,5-9,15H2,1-4H3,(H,31,35)(H,32,33,36). The third-order valence-electron chi connectivity index (χ3n) is 7.05. The van der Waals surface area contributed by atoms with Gasteiger partial charge in [-0.2, -0.15) is 0 Å². The predicted octanol–water partition coefficient (Wildman–Crippen LogP) is 4.65. The summed E-state index contributed by atoms with van der Waals surface area (Å²) < 4.78 is 18.2. The molecule has 2 heterocycles. The lowest BCUT2D eigenvalue weighted by Crippen LogP contribution is -2.17. The second-order valence-electron chi connectivity index (χ2n) is 9.66. The summed E-state index contributed by atoms with van der Waals surface area (Å²) >= 11 is 0. The van der Waals surface area contributed by atoms with E-state index in [9.17, 15) is 9.59 Å². The smallest absolute Gasteiger partial charge is 0.277 e. The predicted molar refractivity (Wildman–Crippen MR) is 148 cm³/mol. The molecule has 2 aromatic carbocycles. The Morgan fingerprint density at radius 2 is 1.82 bits per heavy atom. The van der Waals surface area contributed by atoms with Crippen molar-refractivity contribution >= 4 is 17.1 Å². The molecule has 10 heteroatoms. The first-order valence-corrected chi connectivity index (χ1v) is 13.2. The van der Waals surface area contributed by atoms with Gasteiger partial charge in [0.05, 0.1) is 38.5 Å². The Balaban J connectivity index is 1.47. The van der Waals surface area contributed by atoms with Crippen LogP contribution in [-0.4, -0.2) is 46.3 Å². The fraction of sp³-hybridized carbons (Fsp3) is 0.379. The van der Waals surface area contributed by atoms with Crippen molar-refractivity contribution in [3.63, 3.8) is 0 Å². The van der Waals surface area contributed by atoms with Gasteiger partial charge in [-0.3, -0.25) is 9.59 Å². The highest BCUT2D eigenvalue weighted by atomic mass is 16.5. The van der Waals surface area contributed by atoms with E-state index in [4.69, 9.17) is 24.3 Å². The molecule has 1 fully saturated rings. The van der Waals surface area contributed by atoms with Gasteiger partial charge in [-0.15, -0.1) is 5.10 Å². The number of benzene rings is 2. The number of methoxy groups -OCH3 is 2. The number of carbonyl (C=O) groups is 1. The highest BCUT2D eigenvalue weighted by molar-refractivity contribution is 5.93. The Hall–Kier alpha value is -4.34. The summed E-state index contributed by atoms with van der Waals surface area (Å²) in [4.78, 5) is 33.7. The van der Waals surface area contributed by atoms with Gasteiger partial charge in [-0.05, 0) is 62.6 Å². The van der Waals surface area contributed by atoms with E-state index in [1.807, 2.05) is 19.9 Å². The van der Waals surface area contributed by atoms with E-state index in [0.29, 0.717) is 52.1 Å². The molecule has 10 nitrogen and oxygen atoms in total. The van der Waals surface area contributed by atoms with E-state index in [1.165, 1.54) is 0 Å². The molecule has 0 spiro atoms. The van der Waals surface area contributed by atoms with Crippen LogP contribution in [0.1, 0.15) is 55.6 Å². The molecule has 0 aliphatic heterocycles. The molecule has 0 saturated heterocycles. The maximum atomic E-state index is 13.2. The molecule has 1 amide bonds. The zero-order chi connectivity index (χ0) is 27.5. The van der Waals surface area contributed by atoms with Crippen LogP contribution >= 0.6 is 0 Å². The molecule has 1 saturated carbocycles. The monoisotopic (exact) mass is 531 g/mol.